The molecule has 65 heavy (non-hydrogen) atoms. The molecule has 312 valence electrons. The molecule has 0 aliphatic carbocycles. The smallest absolute Gasteiger partial charge is 0.305 e. The van der Waals surface area contributed by atoms with Crippen LogP contribution in [0.15, 0.2) is 219 Å². The van der Waals surface area contributed by atoms with Gasteiger partial charge in [-0.15, -0.1) is 101 Å². The van der Waals surface area contributed by atoms with E-state index in [4.69, 9.17) is 4.98 Å². The Balaban J connectivity index is 0.00000533. The van der Waals surface area contributed by atoms with Gasteiger partial charge in [-0.3, -0.25) is 4.98 Å². The van der Waals surface area contributed by atoms with Crippen LogP contribution in [-0.2, 0) is 45.8 Å². The van der Waals surface area contributed by atoms with Crippen molar-refractivity contribution in [3.63, 3.8) is 0 Å². The minimum absolute atomic E-state index is 0. The van der Waals surface area contributed by atoms with Gasteiger partial charge in [-0.1, -0.05) is 157 Å². The largest absolute Gasteiger partial charge is 3.00 e. The Kier molecular flexibility index (Phi) is 13.5. The first-order chi connectivity index (χ1) is 31.7. The van der Waals surface area contributed by atoms with Gasteiger partial charge in [0.2, 0.25) is 0 Å². The van der Waals surface area contributed by atoms with Gasteiger partial charge in [0.05, 0.1) is 5.69 Å². The predicted octanol–water partition coefficient (Wildman–Crippen LogP) is 14.5. The molecule has 0 fully saturated rings. The van der Waals surface area contributed by atoms with Gasteiger partial charge in [0.15, 0.2) is 0 Å². The second-order valence-electron chi connectivity index (χ2n) is 16.1. The van der Waals surface area contributed by atoms with Crippen LogP contribution in [0.2, 0.25) is 0 Å². The average molecular weight is 1010 g/mol. The van der Waals surface area contributed by atoms with Gasteiger partial charge in [-0.25, -0.2) is 0 Å². The molecule has 0 aliphatic rings. The van der Waals surface area contributed by atoms with Gasteiger partial charge < -0.3 is 9.97 Å². The molecule has 0 spiro atoms. The molecule has 0 saturated heterocycles. The van der Waals surface area contributed by atoms with Crippen molar-refractivity contribution in [1.29, 1.82) is 0 Å². The minimum Gasteiger partial charge on any atom is -0.305 e. The Morgan fingerprint density at radius 3 is 1.31 bits per heavy atom. The third-order valence-corrected chi connectivity index (χ3v) is 11.7. The average Bonchev–Trinajstić information content (AvgIpc) is 3.38. The molecule has 4 heteroatoms. The zero-order chi connectivity index (χ0) is 42.9. The van der Waals surface area contributed by atoms with Crippen LogP contribution >= 0.6 is 0 Å². The standard InChI is InChI=1S/C61H44N3.Ir/c1-3-13-48(14-4-1)54-42-60(50-15-5-2-6-16-50)64-61(43-54)53-35-33-49(34-36-53)56-17-7-8-18-57(56)55-40-46(23-21-44-25-29-51(30-26-44)58-19-9-11-37-62-58)39-47(41-55)24-22-45-27-31-52(32-28-45)59-20-10-12-38-63-59;/h1-20,25-29,31,33-35,37-43H,21-24H2;/q-3;+3. The van der Waals surface area contributed by atoms with Crippen LogP contribution in [0.5, 0.6) is 0 Å². The first-order valence-electron chi connectivity index (χ1n) is 21.9. The summed E-state index contributed by atoms with van der Waals surface area (Å²) in [4.78, 5) is 14.2. The second-order valence-corrected chi connectivity index (χ2v) is 16.1. The zero-order valence-electron chi connectivity index (χ0n) is 35.8. The number of hydrogen-bond donors (Lipinski definition) is 0. The number of hydrogen-bond acceptors (Lipinski definition) is 3. The molecule has 0 N–H and O–H groups in total. The fourth-order valence-electron chi connectivity index (χ4n) is 8.33. The van der Waals surface area contributed by atoms with Gasteiger partial charge in [-0.05, 0) is 87.1 Å². The maximum Gasteiger partial charge on any atom is 3.00 e. The van der Waals surface area contributed by atoms with Crippen LogP contribution in [-0.4, -0.2) is 15.0 Å². The molecule has 7 aromatic carbocycles. The zero-order valence-corrected chi connectivity index (χ0v) is 38.2. The van der Waals surface area contributed by atoms with Crippen LogP contribution < -0.4 is 0 Å². The number of rotatable bonds is 13. The molecule has 0 radical (unpaired) electrons. The summed E-state index contributed by atoms with van der Waals surface area (Å²) in [6.45, 7) is 0. The first-order valence-corrected chi connectivity index (χ1v) is 21.9. The summed E-state index contributed by atoms with van der Waals surface area (Å²) in [5.41, 5.74) is 19.9. The third kappa shape index (κ3) is 10.4. The van der Waals surface area contributed by atoms with Crippen LogP contribution in [0.4, 0.5) is 0 Å². The molecule has 10 rings (SSSR count). The quantitative estimate of drug-likeness (QED) is 0.108. The molecule has 3 nitrogen and oxygen atoms in total. The molecule has 3 heterocycles. The topological polar surface area (TPSA) is 38.7 Å². The van der Waals surface area contributed by atoms with Gasteiger partial charge in [0, 0.05) is 12.4 Å². The second kappa shape index (κ2) is 20.4. The SMILES string of the molecule is [Ir+3].[c-]1cc(CCc2cc(CCc3c[c-]c(-c4ccccn4)cc3)cc(-c3ccccc3-c3c[c-]c(-c4cc(-c5ccccc5)cc(-c5ccccc5)n4)cc3)c2)ccc1-c1ccccn1. The van der Waals surface area contributed by atoms with E-state index in [1.54, 1.807) is 0 Å². The van der Waals surface area contributed by atoms with E-state index in [0.29, 0.717) is 0 Å². The van der Waals surface area contributed by atoms with Crippen molar-refractivity contribution in [2.75, 3.05) is 0 Å². The van der Waals surface area contributed by atoms with E-state index >= 15 is 0 Å². The Morgan fingerprint density at radius 2 is 0.785 bits per heavy atom. The molecule has 3 aromatic heterocycles. The van der Waals surface area contributed by atoms with Gasteiger partial charge in [-0.2, -0.15) is 0 Å². The van der Waals surface area contributed by atoms with E-state index < -0.39 is 0 Å². The van der Waals surface area contributed by atoms with Crippen molar-refractivity contribution < 1.29 is 20.1 Å². The molecule has 10 aromatic rings. The molecular formula is C61H44IrN3. The number of benzene rings is 7. The summed E-state index contributed by atoms with van der Waals surface area (Å²) < 4.78 is 0. The fraction of sp³-hybridized carbons (Fsp3) is 0.0656. The maximum atomic E-state index is 5.16. The molecule has 0 saturated carbocycles. The predicted molar refractivity (Wildman–Crippen MR) is 262 cm³/mol. The Labute approximate surface area is 396 Å². The van der Waals surface area contributed by atoms with Crippen molar-refractivity contribution in [3.8, 4) is 78.4 Å². The van der Waals surface area contributed by atoms with Gasteiger partial charge >= 0.3 is 20.1 Å². The maximum absolute atomic E-state index is 5.16. The first kappa shape index (κ1) is 42.9. The van der Waals surface area contributed by atoms with E-state index in [2.05, 4.69) is 192 Å². The Bertz CT molecular complexity index is 2940. The van der Waals surface area contributed by atoms with Crippen molar-refractivity contribution >= 4 is 0 Å². The van der Waals surface area contributed by atoms with Crippen LogP contribution in [0, 0.1) is 18.2 Å². The summed E-state index contributed by atoms with van der Waals surface area (Å²) in [5, 5.41) is 0. The van der Waals surface area contributed by atoms with Crippen LogP contribution in [0.25, 0.3) is 78.4 Å². The van der Waals surface area contributed by atoms with Gasteiger partial charge in [0.1, 0.15) is 0 Å². The number of aryl methyl sites for hydroxylation is 4. The molecule has 0 bridgehead atoms. The number of pyridine rings is 3. The summed E-state index contributed by atoms with van der Waals surface area (Å²) in [5.74, 6) is 0. The van der Waals surface area contributed by atoms with E-state index in [1.807, 2.05) is 54.9 Å². The van der Waals surface area contributed by atoms with Crippen molar-refractivity contribution in [2.24, 2.45) is 0 Å². The number of aromatic nitrogens is 3. The number of nitrogens with zero attached hydrogens (tertiary/aromatic N) is 3. The van der Waals surface area contributed by atoms with Crippen LogP contribution in [0.1, 0.15) is 22.3 Å². The van der Waals surface area contributed by atoms with E-state index in [-0.39, 0.29) is 20.1 Å². The summed E-state index contributed by atoms with van der Waals surface area (Å²) >= 11 is 0. The molecular weight excluding hydrogens is 967 g/mol. The Hall–Kier alpha value is -7.36. The third-order valence-electron chi connectivity index (χ3n) is 11.7. The van der Waals surface area contributed by atoms with E-state index in [9.17, 15) is 0 Å². The van der Waals surface area contributed by atoms with Gasteiger partial charge in [0.25, 0.3) is 0 Å². The van der Waals surface area contributed by atoms with Crippen molar-refractivity contribution in [1.82, 2.24) is 15.0 Å². The molecule has 0 aliphatic heterocycles. The summed E-state index contributed by atoms with van der Waals surface area (Å²) in [7, 11) is 0. The molecule has 0 amide bonds. The van der Waals surface area contributed by atoms with Crippen LogP contribution in [0.3, 0.4) is 0 Å². The normalized spacial score (nSPS) is 10.9. The monoisotopic (exact) mass is 1010 g/mol. The summed E-state index contributed by atoms with van der Waals surface area (Å²) in [6.07, 6.45) is 7.30. The summed E-state index contributed by atoms with van der Waals surface area (Å²) in [6, 6.07) is 83.1. The van der Waals surface area contributed by atoms with E-state index in [0.717, 1.165) is 87.4 Å². The minimum atomic E-state index is 0. The molecule has 0 unspecified atom stereocenters. The van der Waals surface area contributed by atoms with Crippen molar-refractivity contribution in [3.05, 3.63) is 259 Å². The van der Waals surface area contributed by atoms with Crippen molar-refractivity contribution in [2.45, 2.75) is 25.7 Å². The van der Waals surface area contributed by atoms with E-state index in [1.165, 1.54) is 38.9 Å². The molecule has 0 atom stereocenters. The Morgan fingerprint density at radius 1 is 0.308 bits per heavy atom. The fourth-order valence-corrected chi connectivity index (χ4v) is 8.33.